The van der Waals surface area contributed by atoms with Gasteiger partial charge < -0.3 is 5.32 Å². The minimum absolute atomic E-state index is 0.0813. The smallest absolute Gasteiger partial charge is 0.263 e. The second kappa shape index (κ2) is 8.18. The van der Waals surface area contributed by atoms with Crippen LogP contribution in [0.1, 0.15) is 45.7 Å². The molecule has 3 heterocycles. The van der Waals surface area contributed by atoms with Crippen LogP contribution in [0, 0.1) is 13.8 Å². The second-order valence-electron chi connectivity index (χ2n) is 5.99. The number of nitrogens with zero attached hydrogens (tertiary/aromatic N) is 4. The van der Waals surface area contributed by atoms with Gasteiger partial charge in [-0.3, -0.25) is 9.89 Å². The first-order valence-electron chi connectivity index (χ1n) is 8.65. The van der Waals surface area contributed by atoms with E-state index >= 15 is 0 Å². The molecule has 2 N–H and O–H groups in total. The van der Waals surface area contributed by atoms with Crippen molar-refractivity contribution in [2.45, 2.75) is 40.0 Å². The van der Waals surface area contributed by atoms with Crippen molar-refractivity contribution in [3.05, 3.63) is 46.0 Å². The Kier molecular flexibility index (Phi) is 5.72. The lowest BCUT2D eigenvalue weighted by Gasteiger charge is -2.05. The van der Waals surface area contributed by atoms with Gasteiger partial charge in [-0.1, -0.05) is 6.92 Å². The Morgan fingerprint density at radius 1 is 1.27 bits per heavy atom. The number of rotatable bonds is 7. The van der Waals surface area contributed by atoms with Crippen molar-refractivity contribution in [1.82, 2.24) is 30.5 Å². The fraction of sp³-hybridized carbons (Fsp3) is 0.389. The van der Waals surface area contributed by atoms with Crippen LogP contribution in [-0.4, -0.2) is 37.6 Å². The zero-order chi connectivity index (χ0) is 18.5. The van der Waals surface area contributed by atoms with Gasteiger partial charge in [-0.05, 0) is 44.7 Å². The van der Waals surface area contributed by atoms with Crippen molar-refractivity contribution in [3.63, 3.8) is 0 Å². The Morgan fingerprint density at radius 2 is 2.04 bits per heavy atom. The highest BCUT2D eigenvalue weighted by Crippen LogP contribution is 2.26. The number of carbonyl (C=O) groups is 1. The fourth-order valence-electron chi connectivity index (χ4n) is 2.76. The van der Waals surface area contributed by atoms with Crippen molar-refractivity contribution < 1.29 is 4.79 Å². The van der Waals surface area contributed by atoms with Crippen LogP contribution in [0.4, 0.5) is 0 Å². The first-order chi connectivity index (χ1) is 12.6. The third-order valence-corrected chi connectivity index (χ3v) is 5.26. The highest BCUT2D eigenvalue weighted by Gasteiger charge is 2.18. The number of thiazole rings is 1. The van der Waals surface area contributed by atoms with Crippen LogP contribution in [0.25, 0.3) is 10.8 Å². The van der Waals surface area contributed by atoms with Crippen molar-refractivity contribution in [2.75, 3.05) is 6.54 Å². The molecule has 0 aromatic carbocycles. The molecule has 3 rings (SSSR count). The number of hydrogen-bond donors (Lipinski definition) is 2. The van der Waals surface area contributed by atoms with Crippen molar-refractivity contribution in [3.8, 4) is 10.8 Å². The van der Waals surface area contributed by atoms with Gasteiger partial charge in [-0.25, -0.2) is 15.0 Å². The molecule has 26 heavy (non-hydrogen) atoms. The number of hydrogen-bond acceptors (Lipinski definition) is 6. The van der Waals surface area contributed by atoms with Gasteiger partial charge in [-0.15, -0.1) is 11.3 Å². The van der Waals surface area contributed by atoms with Crippen LogP contribution >= 0.6 is 11.3 Å². The summed E-state index contributed by atoms with van der Waals surface area (Å²) in [6.07, 6.45) is 5.80. The molecular formula is C18H22N6OS. The van der Waals surface area contributed by atoms with E-state index in [0.29, 0.717) is 28.7 Å². The monoisotopic (exact) mass is 370 g/mol. The maximum atomic E-state index is 12.6. The molecule has 0 aliphatic rings. The van der Waals surface area contributed by atoms with Gasteiger partial charge in [0.15, 0.2) is 10.8 Å². The summed E-state index contributed by atoms with van der Waals surface area (Å²) in [4.78, 5) is 26.2. The van der Waals surface area contributed by atoms with Crippen LogP contribution in [0.3, 0.4) is 0 Å². The van der Waals surface area contributed by atoms with E-state index in [1.807, 2.05) is 20.8 Å². The highest BCUT2D eigenvalue weighted by atomic mass is 32.1. The van der Waals surface area contributed by atoms with Crippen LogP contribution in [0.2, 0.25) is 0 Å². The summed E-state index contributed by atoms with van der Waals surface area (Å²) in [6, 6.07) is 1.76. The molecule has 0 spiro atoms. The normalized spacial score (nSPS) is 10.9. The van der Waals surface area contributed by atoms with E-state index in [4.69, 9.17) is 0 Å². The van der Waals surface area contributed by atoms with Gasteiger partial charge in [-0.2, -0.15) is 5.10 Å². The summed E-state index contributed by atoms with van der Waals surface area (Å²) in [6.45, 7) is 6.62. The molecule has 0 unspecified atom stereocenters. The maximum Gasteiger partial charge on any atom is 0.263 e. The zero-order valence-corrected chi connectivity index (χ0v) is 16.0. The van der Waals surface area contributed by atoms with Crippen molar-refractivity contribution in [2.24, 2.45) is 0 Å². The summed E-state index contributed by atoms with van der Waals surface area (Å²) >= 11 is 1.34. The predicted molar refractivity (Wildman–Crippen MR) is 101 cm³/mol. The molecule has 0 atom stereocenters. The number of aromatic nitrogens is 5. The summed E-state index contributed by atoms with van der Waals surface area (Å²) < 4.78 is 0. The first kappa shape index (κ1) is 18.2. The predicted octanol–water partition coefficient (Wildman–Crippen LogP) is 2.87. The SMILES string of the molecule is CCc1nc(-c2ncccn2)sc1C(=O)NCCCc1c(C)n[nH]c1C. The van der Waals surface area contributed by atoms with Crippen LogP contribution in [-0.2, 0) is 12.8 Å². The van der Waals surface area contributed by atoms with Crippen LogP contribution in [0.5, 0.6) is 0 Å². The Morgan fingerprint density at radius 3 is 2.69 bits per heavy atom. The molecule has 3 aromatic heterocycles. The molecule has 8 heteroatoms. The van der Waals surface area contributed by atoms with Crippen molar-refractivity contribution >= 4 is 17.2 Å². The molecule has 0 saturated carbocycles. The number of H-pyrrole nitrogens is 1. The summed E-state index contributed by atoms with van der Waals surface area (Å²) in [5.74, 6) is 0.472. The minimum Gasteiger partial charge on any atom is -0.351 e. The molecule has 3 aromatic rings. The Balaban J connectivity index is 1.62. The molecule has 136 valence electrons. The lowest BCUT2D eigenvalue weighted by molar-refractivity contribution is 0.0956. The molecule has 0 bridgehead atoms. The largest absolute Gasteiger partial charge is 0.351 e. The summed E-state index contributed by atoms with van der Waals surface area (Å²) in [7, 11) is 0. The highest BCUT2D eigenvalue weighted by molar-refractivity contribution is 7.17. The number of aromatic amines is 1. The molecule has 1 amide bonds. The topological polar surface area (TPSA) is 96.4 Å². The van der Waals surface area contributed by atoms with Gasteiger partial charge in [0, 0.05) is 24.6 Å². The second-order valence-corrected chi connectivity index (χ2v) is 6.99. The summed E-state index contributed by atoms with van der Waals surface area (Å²) in [5.41, 5.74) is 4.14. The first-order valence-corrected chi connectivity index (χ1v) is 9.47. The van der Waals surface area contributed by atoms with E-state index < -0.39 is 0 Å². The Bertz CT molecular complexity index is 867. The zero-order valence-electron chi connectivity index (χ0n) is 15.2. The van der Waals surface area contributed by atoms with E-state index in [1.165, 1.54) is 16.9 Å². The van der Waals surface area contributed by atoms with E-state index in [-0.39, 0.29) is 5.91 Å². The molecule has 0 saturated heterocycles. The molecule has 0 fully saturated rings. The number of nitrogens with one attached hydrogen (secondary N) is 2. The van der Waals surface area contributed by atoms with Gasteiger partial charge >= 0.3 is 0 Å². The molecule has 0 aliphatic carbocycles. The summed E-state index contributed by atoms with van der Waals surface area (Å²) in [5, 5.41) is 10.9. The van der Waals surface area contributed by atoms with E-state index in [0.717, 1.165) is 29.9 Å². The van der Waals surface area contributed by atoms with Gasteiger partial charge in [0.1, 0.15) is 4.88 Å². The third-order valence-electron chi connectivity index (χ3n) is 4.17. The van der Waals surface area contributed by atoms with Gasteiger partial charge in [0.2, 0.25) is 0 Å². The van der Waals surface area contributed by atoms with E-state index in [1.54, 1.807) is 18.5 Å². The average molecular weight is 370 g/mol. The van der Waals surface area contributed by atoms with Crippen LogP contribution < -0.4 is 5.32 Å². The quantitative estimate of drug-likeness (QED) is 0.623. The number of carbonyl (C=O) groups excluding carboxylic acids is 1. The van der Waals surface area contributed by atoms with Gasteiger partial charge in [0.25, 0.3) is 5.91 Å². The Labute approximate surface area is 156 Å². The lowest BCUT2D eigenvalue weighted by atomic mass is 10.1. The van der Waals surface area contributed by atoms with Crippen LogP contribution in [0.15, 0.2) is 18.5 Å². The van der Waals surface area contributed by atoms with Gasteiger partial charge in [0.05, 0.1) is 11.4 Å². The lowest BCUT2D eigenvalue weighted by Crippen LogP contribution is -2.25. The number of aryl methyl sites for hydroxylation is 3. The average Bonchev–Trinajstić information content (AvgIpc) is 3.23. The third kappa shape index (κ3) is 3.96. The fourth-order valence-corrected chi connectivity index (χ4v) is 3.78. The molecule has 0 aliphatic heterocycles. The van der Waals surface area contributed by atoms with E-state index in [9.17, 15) is 4.79 Å². The van der Waals surface area contributed by atoms with E-state index in [2.05, 4.69) is 30.5 Å². The standard InChI is InChI=1S/C18H22N6OS/c1-4-14-15(26-18(22-14)16-19-9-6-10-20-16)17(25)21-8-5-7-13-11(2)23-24-12(13)3/h6,9-10H,4-5,7-8H2,1-3H3,(H,21,25)(H,23,24). The maximum absolute atomic E-state index is 12.6. The molecule has 0 radical (unpaired) electrons. The number of amides is 1. The molecular weight excluding hydrogens is 348 g/mol. The minimum atomic E-state index is -0.0813. The molecule has 7 nitrogen and oxygen atoms in total. The van der Waals surface area contributed by atoms with Crippen molar-refractivity contribution in [1.29, 1.82) is 0 Å². The Hall–Kier alpha value is -2.61.